The summed E-state index contributed by atoms with van der Waals surface area (Å²) >= 11 is 18.5. The van der Waals surface area contributed by atoms with Crippen LogP contribution in [0.4, 0.5) is 0 Å². The second kappa shape index (κ2) is 6.41. The monoisotopic (exact) mass is 437 g/mol. The highest BCUT2D eigenvalue weighted by molar-refractivity contribution is 9.10. The predicted molar refractivity (Wildman–Crippen MR) is 82.4 cm³/mol. The van der Waals surface area contributed by atoms with Crippen molar-refractivity contribution in [2.75, 3.05) is 13.6 Å². The van der Waals surface area contributed by atoms with E-state index < -0.39 is 10.0 Å². The van der Waals surface area contributed by atoms with Gasteiger partial charge in [0.2, 0.25) is 10.0 Å². The lowest BCUT2D eigenvalue weighted by molar-refractivity contribution is 0.474. The van der Waals surface area contributed by atoms with Crippen LogP contribution in [0.5, 0.6) is 0 Å². The maximum Gasteiger partial charge on any atom is 0.245 e. The van der Waals surface area contributed by atoms with Crippen LogP contribution in [0.3, 0.4) is 0 Å². The summed E-state index contributed by atoms with van der Waals surface area (Å²) in [5.74, 6) is 0. The van der Waals surface area contributed by atoms with Gasteiger partial charge in [0.1, 0.15) is 4.90 Å². The molecule has 0 spiro atoms. The maximum absolute atomic E-state index is 12.3. The van der Waals surface area contributed by atoms with E-state index in [-0.39, 0.29) is 19.8 Å². The predicted octanol–water partition coefficient (Wildman–Crippen LogP) is 4.16. The summed E-state index contributed by atoms with van der Waals surface area (Å²) in [6.07, 6.45) is 0. The van der Waals surface area contributed by atoms with Gasteiger partial charge < -0.3 is 0 Å². The number of benzene rings is 1. The third kappa shape index (κ3) is 3.84. The first kappa shape index (κ1) is 16.7. The van der Waals surface area contributed by atoms with Crippen molar-refractivity contribution in [3.63, 3.8) is 0 Å². The van der Waals surface area contributed by atoms with Crippen molar-refractivity contribution in [2.45, 2.75) is 16.6 Å². The average molecular weight is 440 g/mol. The number of nitrogens with zero attached hydrogens (tertiary/aromatic N) is 1. The molecule has 1 unspecified atom stereocenters. The third-order valence-corrected chi connectivity index (χ3v) is 5.63. The highest BCUT2D eigenvalue weighted by Gasteiger charge is 2.27. The third-order valence-electron chi connectivity index (χ3n) is 2.14. The lowest BCUT2D eigenvalue weighted by Crippen LogP contribution is -2.31. The molecule has 1 aromatic rings. The SMILES string of the molecule is CC(Br)CN(C)S(=O)(=O)c1c(Cl)cc(Br)cc1Cl. The van der Waals surface area contributed by atoms with Gasteiger partial charge in [-0.3, -0.25) is 0 Å². The Hall–Kier alpha value is 0.670. The molecule has 0 aliphatic heterocycles. The Kier molecular flexibility index (Phi) is 5.96. The van der Waals surface area contributed by atoms with E-state index in [2.05, 4.69) is 31.9 Å². The van der Waals surface area contributed by atoms with Gasteiger partial charge in [0, 0.05) is 22.9 Å². The van der Waals surface area contributed by atoms with Gasteiger partial charge in [-0.15, -0.1) is 0 Å². The normalized spacial score (nSPS) is 13.9. The van der Waals surface area contributed by atoms with E-state index in [1.165, 1.54) is 23.5 Å². The molecular weight excluding hydrogens is 429 g/mol. The van der Waals surface area contributed by atoms with E-state index in [1.54, 1.807) is 0 Å². The second-order valence-electron chi connectivity index (χ2n) is 3.76. The molecule has 102 valence electrons. The van der Waals surface area contributed by atoms with Gasteiger partial charge >= 0.3 is 0 Å². The number of rotatable bonds is 4. The zero-order valence-corrected chi connectivity index (χ0v) is 15.1. The molecular formula is C10H11Br2Cl2NO2S. The molecule has 0 N–H and O–H groups in total. The Morgan fingerprint density at radius 1 is 1.33 bits per heavy atom. The van der Waals surface area contributed by atoms with Crippen LogP contribution in [-0.4, -0.2) is 31.1 Å². The number of hydrogen-bond donors (Lipinski definition) is 0. The largest absolute Gasteiger partial charge is 0.245 e. The summed E-state index contributed by atoms with van der Waals surface area (Å²) in [7, 11) is -2.21. The number of hydrogen-bond acceptors (Lipinski definition) is 2. The van der Waals surface area contributed by atoms with Gasteiger partial charge in [0.25, 0.3) is 0 Å². The van der Waals surface area contributed by atoms with E-state index in [0.717, 1.165) is 0 Å². The summed E-state index contributed by atoms with van der Waals surface area (Å²) in [4.78, 5) is -0.0324. The number of alkyl halides is 1. The van der Waals surface area contributed by atoms with Crippen molar-refractivity contribution < 1.29 is 8.42 Å². The average Bonchev–Trinajstić information content (AvgIpc) is 2.13. The van der Waals surface area contributed by atoms with Crippen LogP contribution < -0.4 is 0 Å². The summed E-state index contributed by atoms with van der Waals surface area (Å²) in [6, 6.07) is 3.01. The van der Waals surface area contributed by atoms with Crippen LogP contribution >= 0.6 is 55.1 Å². The number of halogens is 4. The molecule has 0 amide bonds. The minimum Gasteiger partial charge on any atom is -0.207 e. The molecule has 0 saturated carbocycles. The van der Waals surface area contributed by atoms with Crippen LogP contribution in [0, 0.1) is 0 Å². The zero-order chi connectivity index (χ0) is 14.1. The van der Waals surface area contributed by atoms with Crippen LogP contribution in [0.1, 0.15) is 6.92 Å². The molecule has 0 saturated heterocycles. The van der Waals surface area contributed by atoms with Crippen molar-refractivity contribution in [3.8, 4) is 0 Å². The van der Waals surface area contributed by atoms with E-state index in [4.69, 9.17) is 23.2 Å². The lowest BCUT2D eigenvalue weighted by atomic mass is 10.4. The molecule has 3 nitrogen and oxygen atoms in total. The van der Waals surface area contributed by atoms with E-state index in [1.807, 2.05) is 6.92 Å². The quantitative estimate of drug-likeness (QED) is 0.660. The van der Waals surface area contributed by atoms with Crippen molar-refractivity contribution in [1.29, 1.82) is 0 Å². The van der Waals surface area contributed by atoms with E-state index in [9.17, 15) is 8.42 Å². The molecule has 0 aromatic heterocycles. The Balaban J connectivity index is 3.29. The molecule has 0 aliphatic carbocycles. The molecule has 0 radical (unpaired) electrons. The fraction of sp³-hybridized carbons (Fsp3) is 0.400. The van der Waals surface area contributed by atoms with Crippen LogP contribution in [0.25, 0.3) is 0 Å². The van der Waals surface area contributed by atoms with Crippen molar-refractivity contribution in [2.24, 2.45) is 0 Å². The highest BCUT2D eigenvalue weighted by Crippen LogP contribution is 2.34. The fourth-order valence-electron chi connectivity index (χ4n) is 1.38. The van der Waals surface area contributed by atoms with Crippen molar-refractivity contribution in [1.82, 2.24) is 4.31 Å². The molecule has 1 aromatic carbocycles. The summed E-state index contributed by atoms with van der Waals surface area (Å²) in [5, 5.41) is 0.201. The number of sulfonamides is 1. The molecule has 8 heteroatoms. The van der Waals surface area contributed by atoms with Crippen molar-refractivity contribution >= 4 is 65.1 Å². The Morgan fingerprint density at radius 3 is 2.17 bits per heavy atom. The first-order chi connectivity index (χ1) is 8.16. The van der Waals surface area contributed by atoms with Gasteiger partial charge in [0.15, 0.2) is 0 Å². The smallest absolute Gasteiger partial charge is 0.207 e. The minimum absolute atomic E-state index is 0.0327. The summed E-state index contributed by atoms with van der Waals surface area (Å²) in [6.45, 7) is 2.18. The molecule has 0 bridgehead atoms. The first-order valence-electron chi connectivity index (χ1n) is 4.91. The summed E-state index contributed by atoms with van der Waals surface area (Å²) < 4.78 is 26.5. The highest BCUT2D eigenvalue weighted by atomic mass is 79.9. The van der Waals surface area contributed by atoms with Gasteiger partial charge in [-0.1, -0.05) is 62.0 Å². The Morgan fingerprint density at radius 2 is 1.78 bits per heavy atom. The zero-order valence-electron chi connectivity index (χ0n) is 9.62. The molecule has 0 aliphatic rings. The van der Waals surface area contributed by atoms with Crippen LogP contribution in [-0.2, 0) is 10.0 Å². The molecule has 1 rings (SSSR count). The van der Waals surface area contributed by atoms with Crippen LogP contribution in [0.15, 0.2) is 21.5 Å². The standard InChI is InChI=1S/C10H11Br2Cl2NO2S/c1-6(11)5-15(2)18(16,17)10-8(13)3-7(12)4-9(10)14/h3-4,6H,5H2,1-2H3. The van der Waals surface area contributed by atoms with Gasteiger partial charge in [-0.2, -0.15) is 4.31 Å². The fourth-order valence-corrected chi connectivity index (χ4v) is 5.15. The second-order valence-corrected chi connectivity index (χ2v) is 9.04. The van der Waals surface area contributed by atoms with Gasteiger partial charge in [-0.25, -0.2) is 8.42 Å². The minimum atomic E-state index is -3.69. The van der Waals surface area contributed by atoms with E-state index in [0.29, 0.717) is 11.0 Å². The van der Waals surface area contributed by atoms with Crippen molar-refractivity contribution in [3.05, 3.63) is 26.7 Å². The lowest BCUT2D eigenvalue weighted by Gasteiger charge is -2.20. The Bertz CT molecular complexity index is 526. The van der Waals surface area contributed by atoms with Crippen LogP contribution in [0.2, 0.25) is 10.0 Å². The molecule has 1 atom stereocenters. The summed E-state index contributed by atoms with van der Waals surface area (Å²) in [5.41, 5.74) is 0. The first-order valence-corrected chi connectivity index (χ1v) is 8.81. The topological polar surface area (TPSA) is 37.4 Å². The van der Waals surface area contributed by atoms with Gasteiger partial charge in [0.05, 0.1) is 10.0 Å². The Labute approximate surface area is 134 Å². The van der Waals surface area contributed by atoms with Gasteiger partial charge in [-0.05, 0) is 12.1 Å². The molecule has 0 fully saturated rings. The molecule has 18 heavy (non-hydrogen) atoms. The molecule has 0 heterocycles. The van der Waals surface area contributed by atoms with E-state index >= 15 is 0 Å². The maximum atomic E-state index is 12.3.